The fraction of sp³-hybridized carbons (Fsp3) is 0.405. The summed E-state index contributed by atoms with van der Waals surface area (Å²) in [6, 6.07) is 10.5. The van der Waals surface area contributed by atoms with Gasteiger partial charge in [0.15, 0.2) is 12.4 Å². The molecule has 6 amide bonds. The van der Waals surface area contributed by atoms with Crippen molar-refractivity contribution < 1.29 is 33.5 Å². The molecular weight excluding hydrogens is 796 g/mol. The maximum Gasteiger partial charge on any atom is 0.266 e. The van der Waals surface area contributed by atoms with Crippen LogP contribution in [0.4, 0.5) is 0 Å². The number of thiophene rings is 1. The number of unbranched alkanes of at least 4 members (excludes halogenated alkanes) is 5. The molecule has 2 aromatic carbocycles. The Balaban J connectivity index is 0.812. The van der Waals surface area contributed by atoms with Crippen LogP contribution in [0.15, 0.2) is 47.5 Å². The van der Waals surface area contributed by atoms with E-state index in [-0.39, 0.29) is 54.6 Å². The van der Waals surface area contributed by atoms with Crippen molar-refractivity contribution in [2.45, 2.75) is 90.6 Å². The molecule has 3 aliphatic rings. The molecule has 1 saturated heterocycles. The fourth-order valence-corrected chi connectivity index (χ4v) is 8.93. The van der Waals surface area contributed by atoms with E-state index in [2.05, 4.69) is 40.0 Å². The highest BCUT2D eigenvalue weighted by molar-refractivity contribution is 7.15. The third kappa shape index (κ3) is 8.83. The Morgan fingerprint density at radius 1 is 0.881 bits per heavy atom. The molecular formula is C42H45ClN8O7S. The Bertz CT molecular complexity index is 2350. The molecule has 17 heteroatoms. The molecule has 15 nitrogen and oxygen atoms in total. The van der Waals surface area contributed by atoms with Crippen molar-refractivity contribution in [2.24, 2.45) is 4.99 Å². The Morgan fingerprint density at radius 2 is 1.58 bits per heavy atom. The van der Waals surface area contributed by atoms with Crippen LogP contribution < -0.4 is 20.7 Å². The average Bonchev–Trinajstić information content (AvgIpc) is 3.79. The number of benzene rings is 2. The summed E-state index contributed by atoms with van der Waals surface area (Å²) in [6.07, 6.45) is 5.60. The molecule has 5 heterocycles. The van der Waals surface area contributed by atoms with Gasteiger partial charge in [0.2, 0.25) is 17.7 Å². The van der Waals surface area contributed by atoms with Gasteiger partial charge in [-0.25, -0.2) is 0 Å². The monoisotopic (exact) mass is 840 g/mol. The first-order valence-electron chi connectivity index (χ1n) is 19.8. The maximum atomic E-state index is 13.3. The van der Waals surface area contributed by atoms with Gasteiger partial charge in [-0.15, -0.1) is 21.5 Å². The Hall–Kier alpha value is -5.74. The molecule has 1 fully saturated rings. The molecule has 4 aromatic rings. The number of aromatic nitrogens is 3. The summed E-state index contributed by atoms with van der Waals surface area (Å²) in [5.74, 6) is -1.52. The number of carbonyl (C=O) groups is 6. The van der Waals surface area contributed by atoms with Gasteiger partial charge in [-0.1, -0.05) is 55.5 Å². The molecule has 2 atom stereocenters. The Morgan fingerprint density at radius 3 is 2.29 bits per heavy atom. The smallest absolute Gasteiger partial charge is 0.266 e. The van der Waals surface area contributed by atoms with Crippen LogP contribution in [0.2, 0.25) is 5.02 Å². The predicted molar refractivity (Wildman–Crippen MR) is 220 cm³/mol. The summed E-state index contributed by atoms with van der Waals surface area (Å²) in [6.45, 7) is 6.75. The van der Waals surface area contributed by atoms with Gasteiger partial charge in [-0.2, -0.15) is 0 Å². The van der Waals surface area contributed by atoms with E-state index in [1.54, 1.807) is 17.4 Å². The summed E-state index contributed by atoms with van der Waals surface area (Å²) in [5, 5.41) is 18.5. The highest BCUT2D eigenvalue weighted by Gasteiger charge is 2.46. The van der Waals surface area contributed by atoms with Crippen LogP contribution in [0.3, 0.4) is 0 Å². The molecule has 2 aromatic heterocycles. The van der Waals surface area contributed by atoms with Gasteiger partial charge in [0.05, 0.1) is 23.3 Å². The normalized spacial score (nSPS) is 17.2. The number of nitrogens with one attached hydrogen (secondary N) is 3. The molecule has 0 spiro atoms. The van der Waals surface area contributed by atoms with Crippen molar-refractivity contribution in [1.29, 1.82) is 0 Å². The number of fused-ring (bicyclic) bond motifs is 4. The first kappa shape index (κ1) is 41.4. The minimum Gasteiger partial charge on any atom is -0.483 e. The number of aliphatic imine (C=N–C) groups is 1. The zero-order chi connectivity index (χ0) is 41.8. The number of carbonyl (C=O) groups excluding carboxylic acids is 6. The van der Waals surface area contributed by atoms with E-state index >= 15 is 0 Å². The summed E-state index contributed by atoms with van der Waals surface area (Å²) >= 11 is 7.89. The fourth-order valence-electron chi connectivity index (χ4n) is 7.59. The van der Waals surface area contributed by atoms with E-state index in [0.29, 0.717) is 23.9 Å². The second kappa shape index (κ2) is 18.0. The van der Waals surface area contributed by atoms with E-state index in [1.807, 2.05) is 35.8 Å². The first-order valence-corrected chi connectivity index (χ1v) is 21.0. The highest BCUT2D eigenvalue weighted by Crippen LogP contribution is 2.40. The lowest BCUT2D eigenvalue weighted by Crippen LogP contribution is -2.54. The van der Waals surface area contributed by atoms with Crippen molar-refractivity contribution in [1.82, 2.24) is 35.6 Å². The zero-order valence-electron chi connectivity index (χ0n) is 33.1. The van der Waals surface area contributed by atoms with Gasteiger partial charge in [0.25, 0.3) is 17.7 Å². The Kier molecular flexibility index (Phi) is 12.7. The van der Waals surface area contributed by atoms with Gasteiger partial charge in [-0.3, -0.25) is 48.5 Å². The van der Waals surface area contributed by atoms with Gasteiger partial charge < -0.3 is 15.4 Å². The number of halogens is 1. The standard InChI is InChI=1S/C42H45ClN8O7S/c1-23-24(2)59-42-35(23)37(26-13-15-27(43)16-14-26)46-29(38-49-48-25(3)50(38)42)21-33(53)44-19-8-6-4-5-7-9-20-45-34(54)22-58-31-12-10-11-28-36(31)41(57)51(40(28)56)30-17-18-32(52)47-39(30)55/h10-16,29-30H,4-9,17-22H2,1-3H3,(H,44,53)(H,45,54)(H,47,52,55). The van der Waals surface area contributed by atoms with Gasteiger partial charge in [0, 0.05) is 40.5 Å². The Labute approximate surface area is 350 Å². The summed E-state index contributed by atoms with van der Waals surface area (Å²) in [5.41, 5.74) is 3.95. The second-order valence-corrected chi connectivity index (χ2v) is 16.5. The molecule has 0 aliphatic carbocycles. The molecule has 0 saturated carbocycles. The number of ether oxygens (including phenoxy) is 1. The maximum absolute atomic E-state index is 13.3. The van der Waals surface area contributed by atoms with Gasteiger partial charge >= 0.3 is 0 Å². The molecule has 3 aliphatic heterocycles. The van der Waals surface area contributed by atoms with Crippen molar-refractivity contribution in [2.75, 3.05) is 19.7 Å². The molecule has 3 N–H and O–H groups in total. The summed E-state index contributed by atoms with van der Waals surface area (Å²) in [4.78, 5) is 83.2. The number of imide groups is 2. The second-order valence-electron chi connectivity index (χ2n) is 14.8. The molecule has 308 valence electrons. The number of aryl methyl sites for hydroxylation is 2. The number of amides is 6. The quantitative estimate of drug-likeness (QED) is 0.0999. The molecule has 0 bridgehead atoms. The van der Waals surface area contributed by atoms with E-state index in [0.717, 1.165) is 76.7 Å². The van der Waals surface area contributed by atoms with Crippen LogP contribution in [0, 0.1) is 20.8 Å². The number of rotatable bonds is 16. The first-order chi connectivity index (χ1) is 28.4. The van der Waals surface area contributed by atoms with Crippen LogP contribution in [-0.4, -0.2) is 86.6 Å². The van der Waals surface area contributed by atoms with Crippen LogP contribution in [0.25, 0.3) is 5.00 Å². The van der Waals surface area contributed by atoms with Gasteiger partial charge in [-0.05, 0) is 69.9 Å². The third-order valence-corrected chi connectivity index (χ3v) is 12.2. The predicted octanol–water partition coefficient (Wildman–Crippen LogP) is 5.24. The lowest BCUT2D eigenvalue weighted by molar-refractivity contribution is -0.136. The average molecular weight is 841 g/mol. The minimum atomic E-state index is -1.09. The molecule has 2 unspecified atom stereocenters. The minimum absolute atomic E-state index is 0.00441. The molecule has 59 heavy (non-hydrogen) atoms. The SMILES string of the molecule is Cc1sc2c(c1C)C(c1ccc(Cl)cc1)=NC(CC(=O)NCCCCCCCCNC(=O)COc1cccc3c1C(=O)N(C1CCC(=O)NC1=O)C3=O)c1nnc(C)n1-2. The van der Waals surface area contributed by atoms with E-state index in [4.69, 9.17) is 21.3 Å². The van der Waals surface area contributed by atoms with Crippen LogP contribution in [-0.2, 0) is 19.2 Å². The number of nitrogens with zero attached hydrogens (tertiary/aromatic N) is 5. The van der Waals surface area contributed by atoms with Crippen molar-refractivity contribution in [3.63, 3.8) is 0 Å². The van der Waals surface area contributed by atoms with Crippen LogP contribution >= 0.6 is 22.9 Å². The number of piperidine rings is 1. The zero-order valence-corrected chi connectivity index (χ0v) is 34.6. The van der Waals surface area contributed by atoms with Crippen molar-refractivity contribution in [3.8, 4) is 10.8 Å². The molecule has 0 radical (unpaired) electrons. The molecule has 7 rings (SSSR count). The van der Waals surface area contributed by atoms with Crippen molar-refractivity contribution >= 4 is 64.1 Å². The lowest BCUT2D eigenvalue weighted by Gasteiger charge is -2.27. The van der Waals surface area contributed by atoms with E-state index in [9.17, 15) is 28.8 Å². The summed E-state index contributed by atoms with van der Waals surface area (Å²) in [7, 11) is 0. The third-order valence-electron chi connectivity index (χ3n) is 10.8. The van der Waals surface area contributed by atoms with Crippen molar-refractivity contribution in [3.05, 3.63) is 91.8 Å². The number of hydrogen-bond acceptors (Lipinski definition) is 11. The van der Waals surface area contributed by atoms with E-state index in [1.165, 1.54) is 17.0 Å². The lowest BCUT2D eigenvalue weighted by atomic mass is 9.99. The topological polar surface area (TPSA) is 194 Å². The van der Waals surface area contributed by atoms with Gasteiger partial charge in [0.1, 0.15) is 28.7 Å². The van der Waals surface area contributed by atoms with Crippen LogP contribution in [0.5, 0.6) is 5.75 Å². The highest BCUT2D eigenvalue weighted by atomic mass is 35.5. The summed E-state index contributed by atoms with van der Waals surface area (Å²) < 4.78 is 7.69. The van der Waals surface area contributed by atoms with Crippen LogP contribution in [0.1, 0.15) is 118 Å². The van der Waals surface area contributed by atoms with E-state index < -0.39 is 35.7 Å². The number of hydrogen-bond donors (Lipinski definition) is 3. The largest absolute Gasteiger partial charge is 0.483 e.